The van der Waals surface area contributed by atoms with Crippen molar-refractivity contribution in [1.82, 2.24) is 14.8 Å². The molecule has 2 aromatic rings. The zero-order valence-electron chi connectivity index (χ0n) is 9.55. The zero-order valence-corrected chi connectivity index (χ0v) is 10.4. The molecule has 1 heterocycles. The van der Waals surface area contributed by atoms with E-state index in [9.17, 15) is 0 Å². The van der Waals surface area contributed by atoms with Gasteiger partial charge in [-0.15, -0.1) is 0 Å². The quantitative estimate of drug-likeness (QED) is 0.621. The lowest BCUT2D eigenvalue weighted by atomic mass is 9.73. The maximum Gasteiger partial charge on any atom is 0.195 e. The number of aliphatic hydroxyl groups excluding tert-OH is 1. The molecule has 2 rings (SSSR count). The van der Waals surface area contributed by atoms with Gasteiger partial charge in [0.25, 0.3) is 0 Å². The minimum absolute atomic E-state index is 0.117. The largest absolute Gasteiger partial charge is 0.388 e. The fourth-order valence-corrected chi connectivity index (χ4v) is 1.85. The average Bonchev–Trinajstić information content (AvgIpc) is 2.71. The summed E-state index contributed by atoms with van der Waals surface area (Å²) in [6, 6.07) is 8.20. The number of aromatic nitrogens is 3. The van der Waals surface area contributed by atoms with Crippen molar-refractivity contribution < 1.29 is 5.11 Å². The molecule has 17 heavy (non-hydrogen) atoms. The van der Waals surface area contributed by atoms with Crippen LogP contribution in [-0.4, -0.2) is 27.2 Å². The van der Waals surface area contributed by atoms with Gasteiger partial charge in [0.05, 0.1) is 6.54 Å². The Bertz CT molecular complexity index is 547. The van der Waals surface area contributed by atoms with Crippen molar-refractivity contribution in [3.05, 3.63) is 40.4 Å². The van der Waals surface area contributed by atoms with Crippen LogP contribution in [0.4, 0.5) is 0 Å². The molecule has 0 aliphatic heterocycles. The molecule has 0 amide bonds. The van der Waals surface area contributed by atoms with E-state index >= 15 is 0 Å². The van der Waals surface area contributed by atoms with E-state index in [1.807, 2.05) is 26.2 Å². The predicted octanol–water partition coefficient (Wildman–Crippen LogP) is 0.859. The molecule has 1 aromatic heterocycles. The van der Waals surface area contributed by atoms with E-state index in [4.69, 9.17) is 17.3 Å². The Kier molecular flexibility index (Phi) is 3.76. The second-order valence-corrected chi connectivity index (χ2v) is 4.11. The lowest BCUT2D eigenvalue weighted by Gasteiger charge is -2.06. The lowest BCUT2D eigenvalue weighted by Crippen LogP contribution is -2.11. The topological polar surface area (TPSA) is 53.8 Å². The van der Waals surface area contributed by atoms with Crippen molar-refractivity contribution in [2.24, 2.45) is 0 Å². The van der Waals surface area contributed by atoms with Crippen LogP contribution >= 0.6 is 12.2 Å². The number of nitrogens with one attached hydrogen (secondary N) is 1. The SMILES string of the molecule is C[B]c1ccc(Cn2c(CO)n[nH]c2=S)cc1. The summed E-state index contributed by atoms with van der Waals surface area (Å²) in [5, 5.41) is 15.8. The van der Waals surface area contributed by atoms with Gasteiger partial charge in [0.1, 0.15) is 13.9 Å². The molecule has 0 spiro atoms. The number of aromatic amines is 1. The third kappa shape index (κ3) is 2.65. The summed E-state index contributed by atoms with van der Waals surface area (Å²) >= 11 is 5.11. The number of H-pyrrole nitrogens is 1. The smallest absolute Gasteiger partial charge is 0.195 e. The first kappa shape index (κ1) is 12.1. The van der Waals surface area contributed by atoms with Crippen LogP contribution < -0.4 is 5.46 Å². The molecule has 0 bridgehead atoms. The molecule has 1 aromatic carbocycles. The van der Waals surface area contributed by atoms with Crippen molar-refractivity contribution >= 4 is 25.0 Å². The summed E-state index contributed by atoms with van der Waals surface area (Å²) < 4.78 is 2.32. The maximum absolute atomic E-state index is 9.14. The Morgan fingerprint density at radius 3 is 2.71 bits per heavy atom. The molecule has 1 radical (unpaired) electrons. The zero-order chi connectivity index (χ0) is 12.3. The van der Waals surface area contributed by atoms with E-state index in [-0.39, 0.29) is 6.61 Å². The molecule has 2 N–H and O–H groups in total. The van der Waals surface area contributed by atoms with Gasteiger partial charge in [0.15, 0.2) is 10.6 Å². The van der Waals surface area contributed by atoms with Crippen LogP contribution in [0.1, 0.15) is 11.4 Å². The summed E-state index contributed by atoms with van der Waals surface area (Å²) in [6.07, 6.45) is 0. The van der Waals surface area contributed by atoms with Gasteiger partial charge < -0.3 is 5.11 Å². The van der Waals surface area contributed by atoms with E-state index in [0.29, 0.717) is 17.1 Å². The minimum atomic E-state index is -0.117. The second kappa shape index (κ2) is 5.29. The highest BCUT2D eigenvalue weighted by atomic mass is 32.1. The normalized spacial score (nSPS) is 10.5. The monoisotopic (exact) mass is 246 g/mol. The fourth-order valence-electron chi connectivity index (χ4n) is 1.63. The summed E-state index contributed by atoms with van der Waals surface area (Å²) in [7, 11) is 2.05. The summed E-state index contributed by atoms with van der Waals surface area (Å²) in [4.78, 5) is 0. The summed E-state index contributed by atoms with van der Waals surface area (Å²) in [5.74, 6) is 0.557. The molecule has 0 aliphatic carbocycles. The molecule has 0 atom stereocenters. The highest BCUT2D eigenvalue weighted by Crippen LogP contribution is 2.05. The number of hydrogen-bond acceptors (Lipinski definition) is 3. The second-order valence-electron chi connectivity index (χ2n) is 3.72. The van der Waals surface area contributed by atoms with Gasteiger partial charge in [-0.2, -0.15) is 5.10 Å². The van der Waals surface area contributed by atoms with Gasteiger partial charge in [-0.25, -0.2) is 0 Å². The highest BCUT2D eigenvalue weighted by Gasteiger charge is 2.05. The summed E-state index contributed by atoms with van der Waals surface area (Å²) in [6.45, 7) is 2.51. The number of benzene rings is 1. The van der Waals surface area contributed by atoms with Crippen LogP contribution in [0, 0.1) is 4.77 Å². The number of aliphatic hydroxyl groups is 1. The third-order valence-corrected chi connectivity index (χ3v) is 2.94. The van der Waals surface area contributed by atoms with Crippen LogP contribution in [0.15, 0.2) is 24.3 Å². The summed E-state index contributed by atoms with van der Waals surface area (Å²) in [5.41, 5.74) is 2.31. The Labute approximate surface area is 106 Å². The van der Waals surface area contributed by atoms with E-state index in [1.54, 1.807) is 4.57 Å². The number of hydrogen-bond donors (Lipinski definition) is 2. The number of nitrogens with zero attached hydrogens (tertiary/aromatic N) is 2. The van der Waals surface area contributed by atoms with E-state index in [1.165, 1.54) is 5.46 Å². The molecule has 87 valence electrons. The van der Waals surface area contributed by atoms with Crippen molar-refractivity contribution in [1.29, 1.82) is 0 Å². The Hall–Kier alpha value is -1.40. The molecule has 6 heteroatoms. The molecule has 0 aliphatic rings. The van der Waals surface area contributed by atoms with Gasteiger partial charge in [0, 0.05) is 0 Å². The predicted molar refractivity (Wildman–Crippen MR) is 70.1 cm³/mol. The van der Waals surface area contributed by atoms with Gasteiger partial charge in [-0.05, 0) is 17.8 Å². The first-order valence-electron chi connectivity index (χ1n) is 5.38. The maximum atomic E-state index is 9.14. The van der Waals surface area contributed by atoms with Crippen LogP contribution in [0.3, 0.4) is 0 Å². The Balaban J connectivity index is 2.24. The van der Waals surface area contributed by atoms with Crippen LogP contribution in [-0.2, 0) is 13.2 Å². The van der Waals surface area contributed by atoms with Gasteiger partial charge in [-0.3, -0.25) is 9.67 Å². The van der Waals surface area contributed by atoms with Crippen LogP contribution in [0.25, 0.3) is 0 Å². The van der Waals surface area contributed by atoms with Gasteiger partial charge >= 0.3 is 0 Å². The fraction of sp³-hybridized carbons (Fsp3) is 0.273. The molecule has 0 saturated heterocycles. The van der Waals surface area contributed by atoms with Gasteiger partial charge in [-0.1, -0.05) is 36.6 Å². The minimum Gasteiger partial charge on any atom is -0.388 e. The molecule has 4 nitrogen and oxygen atoms in total. The van der Waals surface area contributed by atoms with E-state index < -0.39 is 0 Å². The average molecular weight is 246 g/mol. The van der Waals surface area contributed by atoms with E-state index in [2.05, 4.69) is 22.3 Å². The lowest BCUT2D eigenvalue weighted by molar-refractivity contribution is 0.265. The highest BCUT2D eigenvalue weighted by molar-refractivity contribution is 7.71. The van der Waals surface area contributed by atoms with Crippen molar-refractivity contribution in [2.45, 2.75) is 20.0 Å². The van der Waals surface area contributed by atoms with E-state index in [0.717, 1.165) is 5.56 Å². The molecule has 0 unspecified atom stereocenters. The number of rotatable bonds is 4. The molecule has 0 saturated carbocycles. The first-order valence-corrected chi connectivity index (χ1v) is 5.78. The Morgan fingerprint density at radius 2 is 2.12 bits per heavy atom. The first-order chi connectivity index (χ1) is 8.24. The van der Waals surface area contributed by atoms with Gasteiger partial charge in [0.2, 0.25) is 0 Å². The molecular formula is C11H13BN3OS. The van der Waals surface area contributed by atoms with Crippen LogP contribution in [0.2, 0.25) is 6.82 Å². The molecular weight excluding hydrogens is 233 g/mol. The molecule has 0 fully saturated rings. The Morgan fingerprint density at radius 1 is 1.41 bits per heavy atom. The third-order valence-electron chi connectivity index (χ3n) is 2.63. The van der Waals surface area contributed by atoms with Crippen molar-refractivity contribution in [2.75, 3.05) is 0 Å². The van der Waals surface area contributed by atoms with Crippen molar-refractivity contribution in [3.63, 3.8) is 0 Å². The standard InChI is InChI=1S/C11H13BN3OS/c1-12-9-4-2-8(3-5-9)6-15-10(7-16)13-14-11(15)17/h2-5,16H,6-7H2,1H3,(H,14,17). The van der Waals surface area contributed by atoms with Crippen molar-refractivity contribution in [3.8, 4) is 0 Å². The van der Waals surface area contributed by atoms with Crippen LogP contribution in [0.5, 0.6) is 0 Å².